The third kappa shape index (κ3) is 6.17. The van der Waals surface area contributed by atoms with Crippen LogP contribution in [0.3, 0.4) is 0 Å². The highest BCUT2D eigenvalue weighted by Crippen LogP contribution is 2.43. The van der Waals surface area contributed by atoms with Gasteiger partial charge in [-0.25, -0.2) is 0 Å². The van der Waals surface area contributed by atoms with Crippen molar-refractivity contribution in [3.63, 3.8) is 0 Å². The molecule has 2 aliphatic heterocycles. The van der Waals surface area contributed by atoms with Gasteiger partial charge in [-0.1, -0.05) is 36.8 Å². The van der Waals surface area contributed by atoms with Gasteiger partial charge in [0.1, 0.15) is 34.9 Å². The van der Waals surface area contributed by atoms with Gasteiger partial charge in [-0.15, -0.1) is 4.73 Å². The van der Waals surface area contributed by atoms with Gasteiger partial charge in [0.2, 0.25) is 0 Å². The number of Topliss-reactive ketones (excluding diaryl/α,β-unsaturated/α-hetero) is 1. The number of hydrogen-bond donors (Lipinski definition) is 4. The van der Waals surface area contributed by atoms with E-state index in [4.69, 9.17) is 9.57 Å². The zero-order valence-corrected chi connectivity index (χ0v) is 23.6. The zero-order valence-electron chi connectivity index (χ0n) is 23.6. The van der Waals surface area contributed by atoms with Crippen molar-refractivity contribution in [2.75, 3.05) is 6.61 Å². The van der Waals surface area contributed by atoms with Gasteiger partial charge in [0, 0.05) is 24.5 Å². The van der Waals surface area contributed by atoms with Gasteiger partial charge in [-0.3, -0.25) is 19.2 Å². The number of phenolic OH excluding ortho intramolecular Hbond substituents is 1. The smallest absolute Gasteiger partial charge is 0.308 e. The van der Waals surface area contributed by atoms with Crippen molar-refractivity contribution in [1.82, 2.24) is 4.73 Å². The van der Waals surface area contributed by atoms with E-state index in [2.05, 4.69) is 0 Å². The van der Waals surface area contributed by atoms with Crippen LogP contribution in [0.4, 0.5) is 0 Å². The molecule has 0 spiro atoms. The summed E-state index contributed by atoms with van der Waals surface area (Å²) in [6, 6.07) is 5.57. The van der Waals surface area contributed by atoms with E-state index in [1.54, 1.807) is 19.9 Å². The van der Waals surface area contributed by atoms with Gasteiger partial charge in [0.05, 0.1) is 18.2 Å². The quantitative estimate of drug-likeness (QED) is 0.165. The minimum absolute atomic E-state index is 0.0503. The van der Waals surface area contributed by atoms with E-state index in [1.165, 1.54) is 30.3 Å². The molecule has 1 aromatic heterocycles. The molecular formula is C31H35NO10. The van der Waals surface area contributed by atoms with Crippen molar-refractivity contribution in [2.24, 2.45) is 5.92 Å². The lowest BCUT2D eigenvalue weighted by atomic mass is 9.83. The molecule has 3 heterocycles. The maximum absolute atomic E-state index is 13.7. The predicted octanol–water partition coefficient (Wildman–Crippen LogP) is 2.57. The zero-order chi connectivity index (χ0) is 30.7. The number of allylic oxidation sites excluding steroid dienone is 3. The average Bonchev–Trinajstić information content (AvgIpc) is 3.35. The molecule has 0 saturated carbocycles. The SMILES string of the molecule is CC[C@H](C=C(C)C=CC(=O)c1c(O)c(-c2ccc(O)cc2)c2n(c1=O)O[C@H]1[C@H](O)CC(=O)O[C@H](C)CCC(=O)[C@H]21)CO. The number of esters is 1. The second-order valence-electron chi connectivity index (χ2n) is 10.7. The Bertz CT molecular complexity index is 1480. The van der Waals surface area contributed by atoms with Gasteiger partial charge in [0.25, 0.3) is 5.56 Å². The van der Waals surface area contributed by atoms with E-state index < -0.39 is 65.1 Å². The molecule has 1 saturated heterocycles. The number of nitrogens with zero attached hydrogens (tertiary/aromatic N) is 1. The highest BCUT2D eigenvalue weighted by atomic mass is 16.7. The maximum atomic E-state index is 13.7. The van der Waals surface area contributed by atoms with Gasteiger partial charge in [-0.05, 0) is 50.5 Å². The monoisotopic (exact) mass is 581 g/mol. The summed E-state index contributed by atoms with van der Waals surface area (Å²) in [4.78, 5) is 58.8. The van der Waals surface area contributed by atoms with Crippen LogP contribution < -0.4 is 10.4 Å². The molecule has 0 bridgehead atoms. The Labute approximate surface area is 242 Å². The van der Waals surface area contributed by atoms with Crippen molar-refractivity contribution in [1.29, 1.82) is 0 Å². The summed E-state index contributed by atoms with van der Waals surface area (Å²) >= 11 is 0. The first kappa shape index (κ1) is 30.7. The van der Waals surface area contributed by atoms with Gasteiger partial charge < -0.3 is 30.0 Å². The number of phenols is 1. The van der Waals surface area contributed by atoms with Crippen LogP contribution in [0.25, 0.3) is 11.1 Å². The first-order valence-electron chi connectivity index (χ1n) is 13.9. The first-order chi connectivity index (χ1) is 20.0. The molecule has 4 N–H and O–H groups in total. The number of aromatic nitrogens is 1. The molecule has 5 atom stereocenters. The molecule has 2 aromatic rings. The number of rotatable bonds is 7. The van der Waals surface area contributed by atoms with Crippen molar-refractivity contribution >= 4 is 17.5 Å². The minimum atomic E-state index is -1.55. The Morgan fingerprint density at radius 2 is 1.83 bits per heavy atom. The van der Waals surface area contributed by atoms with Crippen molar-refractivity contribution in [2.45, 2.75) is 70.7 Å². The summed E-state index contributed by atoms with van der Waals surface area (Å²) in [7, 11) is 0. The number of aromatic hydroxyl groups is 2. The van der Waals surface area contributed by atoms with E-state index in [-0.39, 0.29) is 47.9 Å². The molecule has 11 heteroatoms. The van der Waals surface area contributed by atoms with Crippen LogP contribution in [0.5, 0.6) is 11.5 Å². The number of ketones is 2. The highest BCUT2D eigenvalue weighted by molar-refractivity contribution is 6.08. The van der Waals surface area contributed by atoms with Crippen LogP contribution in [-0.4, -0.2) is 67.6 Å². The predicted molar refractivity (Wildman–Crippen MR) is 151 cm³/mol. The second-order valence-corrected chi connectivity index (χ2v) is 10.7. The Kier molecular flexibility index (Phi) is 9.33. The molecular weight excluding hydrogens is 546 g/mol. The number of pyridine rings is 1. The number of cyclic esters (lactones) is 1. The molecule has 11 nitrogen and oxygen atoms in total. The molecule has 224 valence electrons. The first-order valence-corrected chi connectivity index (χ1v) is 13.9. The summed E-state index contributed by atoms with van der Waals surface area (Å²) in [5.74, 6) is -4.10. The third-order valence-corrected chi connectivity index (χ3v) is 7.59. The van der Waals surface area contributed by atoms with Crippen molar-refractivity contribution in [3.8, 4) is 22.6 Å². The molecule has 0 unspecified atom stereocenters. The fourth-order valence-corrected chi connectivity index (χ4v) is 5.28. The Hall–Kier alpha value is -4.22. The fourth-order valence-electron chi connectivity index (χ4n) is 5.28. The normalized spacial score (nSPS) is 23.6. The van der Waals surface area contributed by atoms with Crippen LogP contribution in [0, 0.1) is 5.92 Å². The largest absolute Gasteiger partial charge is 0.508 e. The van der Waals surface area contributed by atoms with E-state index in [0.717, 1.165) is 10.8 Å². The molecule has 2 aliphatic rings. The fraction of sp³-hybridized carbons (Fsp3) is 0.419. The summed E-state index contributed by atoms with van der Waals surface area (Å²) in [5, 5.41) is 41.7. The number of benzene rings is 1. The maximum Gasteiger partial charge on any atom is 0.308 e. The number of aliphatic hydroxyl groups excluding tert-OH is 2. The van der Waals surface area contributed by atoms with Crippen molar-refractivity contribution < 1.29 is 44.4 Å². The Morgan fingerprint density at radius 1 is 1.14 bits per heavy atom. The van der Waals surface area contributed by atoms with E-state index in [0.29, 0.717) is 12.0 Å². The van der Waals surface area contributed by atoms with Gasteiger partial charge in [0.15, 0.2) is 11.9 Å². The molecule has 0 radical (unpaired) electrons. The van der Waals surface area contributed by atoms with Gasteiger partial charge in [-0.2, -0.15) is 0 Å². The van der Waals surface area contributed by atoms with Crippen LogP contribution in [0.15, 0.2) is 52.9 Å². The Morgan fingerprint density at radius 3 is 2.48 bits per heavy atom. The van der Waals surface area contributed by atoms with Crippen LogP contribution in [-0.2, 0) is 14.3 Å². The number of ether oxygens (including phenoxy) is 1. The lowest BCUT2D eigenvalue weighted by Crippen LogP contribution is -2.41. The minimum Gasteiger partial charge on any atom is -0.508 e. The van der Waals surface area contributed by atoms with Crippen molar-refractivity contribution in [3.05, 3.63) is 69.7 Å². The highest BCUT2D eigenvalue weighted by Gasteiger charge is 2.48. The molecule has 1 fully saturated rings. The number of carbonyl (C=O) groups is 3. The summed E-state index contributed by atoms with van der Waals surface area (Å²) in [6.07, 6.45) is 1.14. The third-order valence-electron chi connectivity index (χ3n) is 7.59. The lowest BCUT2D eigenvalue weighted by molar-refractivity contribution is -0.155. The topological polar surface area (TPSA) is 173 Å². The average molecular weight is 582 g/mol. The van der Waals surface area contributed by atoms with E-state index >= 15 is 0 Å². The Balaban J connectivity index is 1.91. The van der Waals surface area contributed by atoms with E-state index in [9.17, 15) is 39.6 Å². The standard InChI is InChI=1S/C31H35NO10/c1-4-18(15-33)13-16(2)5-11-22(36)27-29(39)25(19-7-9-20(34)10-8-19)28-26-21(35)12-6-17(3)41-24(38)14-23(37)30(26)42-32(28)31(27)40/h5,7-11,13,17-18,23,26,30,33-34,37,39H,4,6,12,14-15H2,1-3H3/t17-,18-,23-,26-,30+/m1/s1. The molecule has 1 aromatic carbocycles. The number of hydrogen-bond acceptors (Lipinski definition) is 10. The number of carbonyl (C=O) groups excluding carboxylic acids is 3. The summed E-state index contributed by atoms with van der Waals surface area (Å²) in [6.45, 7) is 5.19. The second kappa shape index (κ2) is 12.7. The van der Waals surface area contributed by atoms with Crippen LogP contribution in [0.2, 0.25) is 0 Å². The summed E-state index contributed by atoms with van der Waals surface area (Å²) in [5.41, 5.74) is -0.858. The number of aliphatic hydroxyl groups is 2. The number of fused-ring (bicyclic) bond motifs is 3. The molecule has 42 heavy (non-hydrogen) atoms. The molecule has 0 aliphatic carbocycles. The summed E-state index contributed by atoms with van der Waals surface area (Å²) < 4.78 is 5.99. The van der Waals surface area contributed by atoms with Crippen LogP contribution in [0.1, 0.15) is 68.4 Å². The van der Waals surface area contributed by atoms with E-state index in [1.807, 2.05) is 6.92 Å². The molecule has 0 amide bonds. The lowest BCUT2D eigenvalue weighted by Gasteiger charge is -2.24. The van der Waals surface area contributed by atoms with Gasteiger partial charge >= 0.3 is 5.97 Å². The molecule has 4 rings (SSSR count). The van der Waals surface area contributed by atoms with Crippen LogP contribution >= 0.6 is 0 Å².